The van der Waals surface area contributed by atoms with Crippen molar-refractivity contribution in [1.82, 2.24) is 0 Å². The van der Waals surface area contributed by atoms with Crippen LogP contribution in [0.15, 0.2) is 0 Å². The molecule has 0 saturated carbocycles. The first-order valence-electron chi connectivity index (χ1n) is 5.98. The summed E-state index contributed by atoms with van der Waals surface area (Å²) in [6.07, 6.45) is 3.07. The van der Waals surface area contributed by atoms with E-state index >= 15 is 0 Å². The van der Waals surface area contributed by atoms with E-state index in [1.54, 1.807) is 11.8 Å². The summed E-state index contributed by atoms with van der Waals surface area (Å²) in [5.41, 5.74) is 10.8. The van der Waals surface area contributed by atoms with E-state index in [-0.39, 0.29) is 10.9 Å². The van der Waals surface area contributed by atoms with Gasteiger partial charge in [0.25, 0.3) is 0 Å². The number of hydrogen-bond donors (Lipinski definition) is 4. The highest BCUT2D eigenvalue weighted by Gasteiger charge is 2.18. The molecule has 0 spiro atoms. The first kappa shape index (κ1) is 18.6. The lowest BCUT2D eigenvalue weighted by atomic mass is 10.2. The van der Waals surface area contributed by atoms with Crippen molar-refractivity contribution < 1.29 is 19.8 Å². The van der Waals surface area contributed by atoms with Crippen LogP contribution >= 0.6 is 11.8 Å². The molecular formula is C11H23N2O4S2+. The lowest BCUT2D eigenvalue weighted by Crippen LogP contribution is -2.32. The van der Waals surface area contributed by atoms with Gasteiger partial charge in [-0.3, -0.25) is 9.59 Å². The molecule has 0 radical (unpaired) electrons. The van der Waals surface area contributed by atoms with E-state index in [1.807, 2.05) is 0 Å². The van der Waals surface area contributed by atoms with E-state index in [0.29, 0.717) is 12.8 Å². The minimum absolute atomic E-state index is 0.158. The molecule has 6 nitrogen and oxygen atoms in total. The molecule has 0 aliphatic carbocycles. The van der Waals surface area contributed by atoms with Crippen LogP contribution < -0.4 is 11.5 Å². The Labute approximate surface area is 120 Å². The van der Waals surface area contributed by atoms with Gasteiger partial charge >= 0.3 is 11.9 Å². The molecule has 0 saturated heterocycles. The third-order valence-electron chi connectivity index (χ3n) is 2.56. The van der Waals surface area contributed by atoms with Gasteiger partial charge in [-0.15, -0.1) is 0 Å². The highest BCUT2D eigenvalue weighted by molar-refractivity contribution is 8.01. The summed E-state index contributed by atoms with van der Waals surface area (Å²) in [5.74, 6) is 1.59. The van der Waals surface area contributed by atoms with Crippen molar-refractivity contribution >= 4 is 34.6 Å². The summed E-state index contributed by atoms with van der Waals surface area (Å²) in [6, 6.07) is -1.54. The Balaban J connectivity index is 3.51. The highest BCUT2D eigenvalue weighted by atomic mass is 32.2. The second-order valence-corrected chi connectivity index (χ2v) is 7.87. The van der Waals surface area contributed by atoms with Gasteiger partial charge in [-0.1, -0.05) is 0 Å². The lowest BCUT2D eigenvalue weighted by Gasteiger charge is -2.07. The Morgan fingerprint density at radius 1 is 1.05 bits per heavy atom. The Bertz CT molecular complexity index is 292. The van der Waals surface area contributed by atoms with Crippen molar-refractivity contribution in [3.63, 3.8) is 0 Å². The fourth-order valence-electron chi connectivity index (χ4n) is 1.19. The first-order chi connectivity index (χ1) is 8.84. The van der Waals surface area contributed by atoms with Gasteiger partial charge in [0.15, 0.2) is 0 Å². The first-order valence-corrected chi connectivity index (χ1v) is 9.10. The molecule has 1 unspecified atom stereocenters. The number of carbonyl (C=O) groups is 2. The third-order valence-corrected chi connectivity index (χ3v) is 5.67. The summed E-state index contributed by atoms with van der Waals surface area (Å²) in [6.45, 7) is 0. The molecule has 112 valence electrons. The van der Waals surface area contributed by atoms with Crippen molar-refractivity contribution in [2.24, 2.45) is 11.5 Å². The van der Waals surface area contributed by atoms with E-state index in [2.05, 4.69) is 6.26 Å². The maximum absolute atomic E-state index is 10.5. The molecule has 3 atom stereocenters. The maximum Gasteiger partial charge on any atom is 0.320 e. The van der Waals surface area contributed by atoms with E-state index in [0.717, 1.165) is 23.0 Å². The molecule has 0 aromatic rings. The number of carboxylic acid groups (broad SMARTS) is 2. The van der Waals surface area contributed by atoms with Crippen molar-refractivity contribution in [2.75, 3.05) is 29.3 Å². The maximum atomic E-state index is 10.5. The molecular weight excluding hydrogens is 288 g/mol. The number of thioether (sulfide) groups is 1. The molecule has 0 aromatic carbocycles. The molecule has 19 heavy (non-hydrogen) atoms. The Morgan fingerprint density at radius 2 is 1.58 bits per heavy atom. The smallest absolute Gasteiger partial charge is 0.320 e. The molecule has 0 amide bonds. The van der Waals surface area contributed by atoms with Crippen molar-refractivity contribution in [3.8, 4) is 0 Å². The summed E-state index contributed by atoms with van der Waals surface area (Å²) in [5, 5.41) is 17.3. The molecule has 0 bridgehead atoms. The van der Waals surface area contributed by atoms with Gasteiger partial charge in [-0.25, -0.2) is 0 Å². The fraction of sp³-hybridized carbons (Fsp3) is 0.818. The van der Waals surface area contributed by atoms with Crippen LogP contribution in [0.25, 0.3) is 0 Å². The molecule has 0 aromatic heterocycles. The monoisotopic (exact) mass is 311 g/mol. The Hall–Kier alpha value is -0.440. The van der Waals surface area contributed by atoms with E-state index < -0.39 is 24.0 Å². The molecule has 0 fully saturated rings. The molecule has 6 N–H and O–H groups in total. The predicted octanol–water partition coefficient (Wildman–Crippen LogP) is -0.428. The minimum atomic E-state index is -0.960. The minimum Gasteiger partial charge on any atom is -0.480 e. The molecule has 0 aliphatic heterocycles. The summed E-state index contributed by atoms with van der Waals surface area (Å²) in [7, 11) is 0.158. The Kier molecular flexibility index (Phi) is 10.1. The van der Waals surface area contributed by atoms with Gasteiger partial charge in [0, 0.05) is 12.2 Å². The molecule has 0 rings (SSSR count). The number of nitrogens with two attached hydrogens (primary N) is 2. The number of carboxylic acids is 2. The van der Waals surface area contributed by atoms with Crippen molar-refractivity contribution in [1.29, 1.82) is 0 Å². The van der Waals surface area contributed by atoms with Gasteiger partial charge < -0.3 is 21.7 Å². The van der Waals surface area contributed by atoms with E-state index in [4.69, 9.17) is 21.7 Å². The zero-order valence-electron chi connectivity index (χ0n) is 11.1. The van der Waals surface area contributed by atoms with Gasteiger partial charge in [-0.05, 0) is 23.1 Å². The quantitative estimate of drug-likeness (QED) is 0.301. The average Bonchev–Trinajstić information content (AvgIpc) is 2.34. The van der Waals surface area contributed by atoms with Crippen LogP contribution in [0.5, 0.6) is 0 Å². The van der Waals surface area contributed by atoms with Gasteiger partial charge in [0.05, 0.1) is 6.26 Å². The SMILES string of the molecule is C[S+](CCSCC[C@H](N)C(=O)O)CC[C@H](N)C(=O)O. The average molecular weight is 311 g/mol. The lowest BCUT2D eigenvalue weighted by molar-refractivity contribution is -0.139. The van der Waals surface area contributed by atoms with Crippen LogP contribution in [-0.2, 0) is 20.5 Å². The zero-order valence-corrected chi connectivity index (χ0v) is 12.7. The van der Waals surface area contributed by atoms with Crippen LogP contribution in [0.2, 0.25) is 0 Å². The number of rotatable bonds is 11. The van der Waals surface area contributed by atoms with Gasteiger partial charge in [0.2, 0.25) is 0 Å². The molecule has 0 aliphatic rings. The Morgan fingerprint density at radius 3 is 2.11 bits per heavy atom. The molecule has 8 heteroatoms. The van der Waals surface area contributed by atoms with Crippen molar-refractivity contribution in [3.05, 3.63) is 0 Å². The summed E-state index contributed by atoms with van der Waals surface area (Å²) in [4.78, 5) is 21.0. The number of hydrogen-bond acceptors (Lipinski definition) is 5. The topological polar surface area (TPSA) is 127 Å². The van der Waals surface area contributed by atoms with Gasteiger partial charge in [-0.2, -0.15) is 11.8 Å². The largest absolute Gasteiger partial charge is 0.480 e. The summed E-state index contributed by atoms with van der Waals surface area (Å²) >= 11 is 1.68. The standard InChI is InChI=1S/C11H22N2O4S2/c1-19(6-3-9(13)11(16)17)7-5-18-4-2-8(12)10(14)15/h8-9H,2-7,12-13H2,1H3,(H-,14,15,16,17)/p+1/t8-,9-,19?/m0/s1. The predicted molar refractivity (Wildman–Crippen MR) is 80.8 cm³/mol. The second kappa shape index (κ2) is 10.4. The zero-order chi connectivity index (χ0) is 14.8. The molecule has 0 heterocycles. The van der Waals surface area contributed by atoms with Crippen LogP contribution in [0, 0.1) is 0 Å². The fourth-order valence-corrected chi connectivity index (χ4v) is 4.29. The summed E-state index contributed by atoms with van der Waals surface area (Å²) < 4.78 is 0. The van der Waals surface area contributed by atoms with E-state index in [9.17, 15) is 9.59 Å². The van der Waals surface area contributed by atoms with Crippen molar-refractivity contribution in [2.45, 2.75) is 24.9 Å². The number of aliphatic carboxylic acids is 2. The van der Waals surface area contributed by atoms with Crippen LogP contribution in [-0.4, -0.2) is 63.5 Å². The normalized spacial score (nSPS) is 15.7. The van der Waals surface area contributed by atoms with Gasteiger partial charge in [0.1, 0.15) is 23.6 Å². The van der Waals surface area contributed by atoms with E-state index in [1.165, 1.54) is 0 Å². The van der Waals surface area contributed by atoms with Crippen LogP contribution in [0.4, 0.5) is 0 Å². The highest BCUT2D eigenvalue weighted by Crippen LogP contribution is 2.07. The third kappa shape index (κ3) is 10.1. The van der Waals surface area contributed by atoms with Crippen LogP contribution in [0.1, 0.15) is 12.8 Å². The van der Waals surface area contributed by atoms with Crippen LogP contribution in [0.3, 0.4) is 0 Å². The second-order valence-electron chi connectivity index (χ2n) is 4.27.